The van der Waals surface area contributed by atoms with E-state index in [9.17, 15) is 14.0 Å². The lowest BCUT2D eigenvalue weighted by Gasteiger charge is -2.40. The summed E-state index contributed by atoms with van der Waals surface area (Å²) < 4.78 is 14.4. The molecule has 4 nitrogen and oxygen atoms in total. The smallest absolute Gasteiger partial charge is 0.256 e. The molecular weight excluding hydrogens is 331 g/mol. The molecule has 2 saturated carbocycles. The molecule has 2 amide bonds. The maximum Gasteiger partial charge on any atom is 0.256 e. The van der Waals surface area contributed by atoms with E-state index in [0.29, 0.717) is 37.4 Å². The fourth-order valence-corrected chi connectivity index (χ4v) is 4.32. The average Bonchev–Trinajstić information content (AvgIpc) is 3.53. The summed E-state index contributed by atoms with van der Waals surface area (Å²) in [5, 5.41) is 0. The first kappa shape index (κ1) is 17.5. The maximum atomic E-state index is 14.4. The molecule has 3 aliphatic rings. The van der Waals surface area contributed by atoms with Crippen LogP contribution in [0.3, 0.4) is 0 Å². The molecule has 0 N–H and O–H groups in total. The van der Waals surface area contributed by atoms with Crippen LogP contribution in [-0.2, 0) is 4.79 Å². The van der Waals surface area contributed by atoms with Crippen LogP contribution in [-0.4, -0.2) is 47.3 Å². The van der Waals surface area contributed by atoms with E-state index in [-0.39, 0.29) is 29.3 Å². The Morgan fingerprint density at radius 2 is 1.77 bits per heavy atom. The van der Waals surface area contributed by atoms with Gasteiger partial charge in [-0.15, -0.1) is 0 Å². The van der Waals surface area contributed by atoms with Gasteiger partial charge in [0.05, 0.1) is 5.56 Å². The lowest BCUT2D eigenvalue weighted by molar-refractivity contribution is -0.137. The highest BCUT2D eigenvalue weighted by Gasteiger charge is 2.50. The Morgan fingerprint density at radius 1 is 1.08 bits per heavy atom. The van der Waals surface area contributed by atoms with Crippen molar-refractivity contribution in [2.75, 3.05) is 19.6 Å². The first-order valence-corrected chi connectivity index (χ1v) is 9.77. The van der Waals surface area contributed by atoms with Gasteiger partial charge < -0.3 is 9.80 Å². The number of rotatable bonds is 3. The van der Waals surface area contributed by atoms with Crippen molar-refractivity contribution in [1.29, 1.82) is 0 Å². The molecule has 2 aliphatic carbocycles. The van der Waals surface area contributed by atoms with Gasteiger partial charge in [0.15, 0.2) is 0 Å². The summed E-state index contributed by atoms with van der Waals surface area (Å²) in [5.41, 5.74) is 1.14. The SMILES string of the molecule is C[C@@H]1CN(C(=O)c2ccc(C3CC3)cc2F)CCN1C(=O)C1[C@H](C)[C@H]1C. The van der Waals surface area contributed by atoms with E-state index < -0.39 is 5.82 Å². The van der Waals surface area contributed by atoms with Crippen LogP contribution in [0, 0.1) is 23.6 Å². The highest BCUT2D eigenvalue weighted by atomic mass is 19.1. The summed E-state index contributed by atoms with van der Waals surface area (Å²) in [4.78, 5) is 29.0. The summed E-state index contributed by atoms with van der Waals surface area (Å²) in [6.07, 6.45) is 2.22. The molecule has 0 aromatic heterocycles. The molecule has 0 bridgehead atoms. The monoisotopic (exact) mass is 358 g/mol. The Labute approximate surface area is 154 Å². The summed E-state index contributed by atoms with van der Waals surface area (Å²) >= 11 is 0. The van der Waals surface area contributed by atoms with E-state index in [1.54, 1.807) is 11.0 Å². The quantitative estimate of drug-likeness (QED) is 0.832. The number of nitrogens with zero attached hydrogens (tertiary/aromatic N) is 2. The zero-order chi connectivity index (χ0) is 18.6. The van der Waals surface area contributed by atoms with Crippen LogP contribution in [0.15, 0.2) is 18.2 Å². The number of hydrogen-bond acceptors (Lipinski definition) is 2. The predicted octanol–water partition coefficient (Wildman–Crippen LogP) is 3.28. The van der Waals surface area contributed by atoms with Gasteiger partial charge in [-0.3, -0.25) is 9.59 Å². The standard InChI is InChI=1S/C21H27FN2O2/c1-12-11-23(8-9-24(12)21(26)19-13(2)14(19)3)20(25)17-7-6-16(10-18(17)22)15-4-5-15/h6-7,10,12-15,19H,4-5,8-9,11H2,1-3H3/t12-,13-,14-/m1/s1. The topological polar surface area (TPSA) is 40.6 Å². The van der Waals surface area contributed by atoms with Crippen LogP contribution in [0.25, 0.3) is 0 Å². The number of piperazine rings is 1. The summed E-state index contributed by atoms with van der Waals surface area (Å²) in [6.45, 7) is 7.67. The molecule has 0 unspecified atom stereocenters. The molecule has 0 radical (unpaired) electrons. The fraction of sp³-hybridized carbons (Fsp3) is 0.619. The highest BCUT2D eigenvalue weighted by Crippen LogP contribution is 2.47. The van der Waals surface area contributed by atoms with Crippen LogP contribution in [0.1, 0.15) is 55.5 Å². The van der Waals surface area contributed by atoms with Crippen molar-refractivity contribution in [2.45, 2.75) is 45.6 Å². The van der Waals surface area contributed by atoms with Gasteiger partial charge >= 0.3 is 0 Å². The second-order valence-corrected chi connectivity index (χ2v) is 8.39. The van der Waals surface area contributed by atoms with Crippen molar-refractivity contribution >= 4 is 11.8 Å². The molecule has 4 rings (SSSR count). The molecule has 3 atom stereocenters. The third kappa shape index (κ3) is 3.01. The third-order valence-electron chi connectivity index (χ3n) is 6.58. The summed E-state index contributed by atoms with van der Waals surface area (Å²) in [6, 6.07) is 4.99. The number of hydrogen-bond donors (Lipinski definition) is 0. The Bertz CT molecular complexity index is 738. The van der Waals surface area contributed by atoms with E-state index in [1.807, 2.05) is 17.9 Å². The Kier molecular flexibility index (Phi) is 4.28. The van der Waals surface area contributed by atoms with Gasteiger partial charge in [-0.1, -0.05) is 19.9 Å². The first-order chi connectivity index (χ1) is 12.4. The van der Waals surface area contributed by atoms with Crippen LogP contribution >= 0.6 is 0 Å². The Hall–Kier alpha value is -1.91. The van der Waals surface area contributed by atoms with Crippen LogP contribution in [0.4, 0.5) is 4.39 Å². The lowest BCUT2D eigenvalue weighted by Crippen LogP contribution is -2.56. The molecule has 140 valence electrons. The first-order valence-electron chi connectivity index (χ1n) is 9.77. The van der Waals surface area contributed by atoms with Crippen LogP contribution < -0.4 is 0 Å². The predicted molar refractivity (Wildman–Crippen MR) is 97.3 cm³/mol. The van der Waals surface area contributed by atoms with Crippen molar-refractivity contribution in [3.8, 4) is 0 Å². The Balaban J connectivity index is 1.42. The number of halogens is 1. The van der Waals surface area contributed by atoms with Gasteiger partial charge in [0.25, 0.3) is 5.91 Å². The molecular formula is C21H27FN2O2. The fourth-order valence-electron chi connectivity index (χ4n) is 4.32. The molecule has 1 aromatic carbocycles. The van der Waals surface area contributed by atoms with E-state index in [4.69, 9.17) is 0 Å². The van der Waals surface area contributed by atoms with Gasteiger partial charge in [-0.2, -0.15) is 0 Å². The van der Waals surface area contributed by atoms with Crippen molar-refractivity contribution < 1.29 is 14.0 Å². The minimum absolute atomic E-state index is 0.0333. The summed E-state index contributed by atoms with van der Waals surface area (Å²) in [7, 11) is 0. The molecule has 1 aromatic rings. The average molecular weight is 358 g/mol. The molecule has 0 spiro atoms. The molecule has 1 heterocycles. The van der Waals surface area contributed by atoms with Crippen molar-refractivity contribution in [3.05, 3.63) is 35.1 Å². The van der Waals surface area contributed by atoms with Gasteiger partial charge in [-0.25, -0.2) is 4.39 Å². The van der Waals surface area contributed by atoms with Gasteiger partial charge in [0, 0.05) is 31.6 Å². The van der Waals surface area contributed by atoms with E-state index in [1.165, 1.54) is 6.07 Å². The second kappa shape index (κ2) is 6.36. The number of amides is 2. The van der Waals surface area contributed by atoms with Crippen molar-refractivity contribution in [1.82, 2.24) is 9.80 Å². The van der Waals surface area contributed by atoms with Gasteiger partial charge in [0.1, 0.15) is 5.82 Å². The minimum Gasteiger partial charge on any atom is -0.336 e. The minimum atomic E-state index is -0.425. The van der Waals surface area contributed by atoms with E-state index in [0.717, 1.165) is 18.4 Å². The van der Waals surface area contributed by atoms with Gasteiger partial charge in [0.2, 0.25) is 5.91 Å². The van der Waals surface area contributed by atoms with Crippen LogP contribution in [0.5, 0.6) is 0 Å². The number of benzene rings is 1. The lowest BCUT2D eigenvalue weighted by atomic mass is 10.1. The number of carbonyl (C=O) groups is 2. The van der Waals surface area contributed by atoms with Gasteiger partial charge in [-0.05, 0) is 55.2 Å². The molecule has 3 fully saturated rings. The zero-order valence-electron chi connectivity index (χ0n) is 15.7. The summed E-state index contributed by atoms with van der Waals surface area (Å²) in [5.74, 6) is 1.03. The van der Waals surface area contributed by atoms with Crippen molar-refractivity contribution in [2.24, 2.45) is 17.8 Å². The van der Waals surface area contributed by atoms with E-state index >= 15 is 0 Å². The molecule has 26 heavy (non-hydrogen) atoms. The largest absolute Gasteiger partial charge is 0.336 e. The molecule has 1 aliphatic heterocycles. The second-order valence-electron chi connectivity index (χ2n) is 8.39. The third-order valence-corrected chi connectivity index (χ3v) is 6.58. The maximum absolute atomic E-state index is 14.4. The normalized spacial score (nSPS) is 31.1. The molecule has 1 saturated heterocycles. The van der Waals surface area contributed by atoms with Crippen molar-refractivity contribution in [3.63, 3.8) is 0 Å². The Morgan fingerprint density at radius 3 is 2.31 bits per heavy atom. The molecule has 5 heteroatoms. The number of carbonyl (C=O) groups excluding carboxylic acids is 2. The van der Waals surface area contributed by atoms with Crippen LogP contribution in [0.2, 0.25) is 0 Å². The van der Waals surface area contributed by atoms with E-state index in [2.05, 4.69) is 13.8 Å². The highest BCUT2D eigenvalue weighted by molar-refractivity contribution is 5.95. The zero-order valence-corrected chi connectivity index (χ0v) is 15.7.